The van der Waals surface area contributed by atoms with Crippen LogP contribution in [0.1, 0.15) is 49.3 Å². The molecule has 3 aromatic rings. The van der Waals surface area contributed by atoms with E-state index in [-0.39, 0.29) is 12.2 Å². The Bertz CT molecular complexity index is 1390. The predicted molar refractivity (Wildman–Crippen MR) is 156 cm³/mol. The van der Waals surface area contributed by atoms with Crippen LogP contribution < -0.4 is 4.90 Å². The van der Waals surface area contributed by atoms with Crippen LogP contribution in [0.15, 0.2) is 84.9 Å². The number of para-hydroxylation sites is 1. The number of ether oxygens (including phenoxy) is 1. The van der Waals surface area contributed by atoms with Crippen molar-refractivity contribution < 1.29 is 19.1 Å². The van der Waals surface area contributed by atoms with Crippen LogP contribution in [0.25, 0.3) is 0 Å². The molecule has 3 fully saturated rings. The molecule has 0 N–H and O–H groups in total. The lowest BCUT2D eigenvalue weighted by atomic mass is 9.62. The molecule has 0 unspecified atom stereocenters. The number of piperidine rings is 1. The van der Waals surface area contributed by atoms with Crippen LogP contribution >= 0.6 is 0 Å². The zero-order valence-corrected chi connectivity index (χ0v) is 23.7. The molecule has 1 aliphatic carbocycles. The van der Waals surface area contributed by atoms with E-state index in [1.807, 2.05) is 6.07 Å². The van der Waals surface area contributed by atoms with Crippen LogP contribution in [-0.2, 0) is 37.7 Å². The van der Waals surface area contributed by atoms with Gasteiger partial charge in [0.15, 0.2) is 0 Å². The summed E-state index contributed by atoms with van der Waals surface area (Å²) in [6, 6.07) is 29.9. The molecule has 0 radical (unpaired) electrons. The first kappa shape index (κ1) is 27.6. The van der Waals surface area contributed by atoms with E-state index in [1.54, 1.807) is 0 Å². The molecule has 2 saturated heterocycles. The maximum absolute atomic E-state index is 14.5. The van der Waals surface area contributed by atoms with Crippen molar-refractivity contribution in [2.24, 2.45) is 17.8 Å². The van der Waals surface area contributed by atoms with Gasteiger partial charge in [-0.05, 0) is 72.7 Å². The minimum atomic E-state index is -0.423. The lowest BCUT2D eigenvalue weighted by Gasteiger charge is -2.51. The summed E-state index contributed by atoms with van der Waals surface area (Å²) in [5.74, 6) is 2.13. The van der Waals surface area contributed by atoms with Gasteiger partial charge < -0.3 is 9.64 Å². The number of carbonyl (C=O) groups is 1. The van der Waals surface area contributed by atoms with Crippen LogP contribution in [0.5, 0.6) is 0 Å². The second-order valence-electron chi connectivity index (χ2n) is 12.1. The smallest absolute Gasteiger partial charge is 0.373 e. The molecule has 1 saturated carbocycles. The van der Waals surface area contributed by atoms with E-state index in [2.05, 4.69) is 95.6 Å². The second kappa shape index (κ2) is 11.7. The molecule has 1 amide bonds. The Balaban J connectivity index is 0.000000967. The molecule has 212 valence electrons. The number of fused-ring (bicyclic) bond motifs is 5. The molecule has 7 rings (SSSR count). The summed E-state index contributed by atoms with van der Waals surface area (Å²) in [5.41, 5.74) is 4.38. The van der Waals surface area contributed by atoms with Crippen molar-refractivity contribution in [2.75, 3.05) is 18.0 Å². The summed E-state index contributed by atoms with van der Waals surface area (Å²) in [6.07, 6.45) is 4.94. The Morgan fingerprint density at radius 1 is 0.902 bits per heavy atom. The van der Waals surface area contributed by atoms with E-state index in [9.17, 15) is 4.79 Å². The highest BCUT2D eigenvalue weighted by Gasteiger charge is 2.62. The molecule has 4 aliphatic rings. The number of hydrogen-bond donors (Lipinski definition) is 0. The normalized spacial score (nSPS) is 30.1. The summed E-state index contributed by atoms with van der Waals surface area (Å²) < 4.78 is 6.53. The SMILES string of the molecule is C[C@@H]1[C@H]2C[C@@H]3N(CC[C@@]34C(=O)N(Cc3ccccc3)c3ccccc34)C[C@@H]2CC[C@@H]1OCc1ccccc1.O=C=O. The van der Waals surface area contributed by atoms with Crippen molar-refractivity contribution in [1.82, 2.24) is 4.90 Å². The average molecular weight is 551 g/mol. The zero-order chi connectivity index (χ0) is 28.4. The topological polar surface area (TPSA) is 66.9 Å². The Morgan fingerprint density at radius 2 is 1.56 bits per heavy atom. The number of benzene rings is 3. The fourth-order valence-electron chi connectivity index (χ4n) is 8.33. The fourth-order valence-corrected chi connectivity index (χ4v) is 8.33. The highest BCUT2D eigenvalue weighted by Crippen LogP contribution is 2.56. The summed E-state index contributed by atoms with van der Waals surface area (Å²) in [4.78, 5) is 35.5. The largest absolute Gasteiger partial charge is 0.373 e. The molecule has 0 aromatic heterocycles. The summed E-state index contributed by atoms with van der Waals surface area (Å²) in [6.45, 7) is 5.89. The standard InChI is InChI=1S/C34H38N2O2.CO2/c1-24-28-20-32-34(29-14-8-9-15-30(29)36(33(34)37)21-25-10-4-2-5-11-25)18-19-35(32)22-27(28)16-17-31(24)38-23-26-12-6-3-7-13-26;2-1-3/h2-15,24,27-28,31-32H,16-23H2,1H3;/t24-,27+,28-,31+,32+,34+;/m1./s1. The lowest BCUT2D eigenvalue weighted by Crippen LogP contribution is -2.57. The lowest BCUT2D eigenvalue weighted by molar-refractivity contribution is -0.191. The van der Waals surface area contributed by atoms with Crippen LogP contribution in [0.4, 0.5) is 5.69 Å². The summed E-state index contributed by atoms with van der Waals surface area (Å²) in [5, 5.41) is 0. The minimum absolute atomic E-state index is 0.250. The van der Waals surface area contributed by atoms with E-state index < -0.39 is 5.41 Å². The van der Waals surface area contributed by atoms with E-state index in [0.717, 1.165) is 38.0 Å². The van der Waals surface area contributed by atoms with Gasteiger partial charge in [0.2, 0.25) is 5.91 Å². The van der Waals surface area contributed by atoms with E-state index in [0.29, 0.717) is 42.9 Å². The van der Waals surface area contributed by atoms with Crippen molar-refractivity contribution in [2.45, 2.75) is 63.3 Å². The number of nitrogens with zero attached hydrogens (tertiary/aromatic N) is 2. The van der Waals surface area contributed by atoms with Crippen molar-refractivity contribution in [3.8, 4) is 0 Å². The molecule has 3 aliphatic heterocycles. The van der Waals surface area contributed by atoms with Gasteiger partial charge in [0.25, 0.3) is 0 Å². The van der Waals surface area contributed by atoms with Gasteiger partial charge in [0.05, 0.1) is 24.7 Å². The molecule has 41 heavy (non-hydrogen) atoms. The number of hydrogen-bond acceptors (Lipinski definition) is 5. The number of amides is 1. The number of anilines is 1. The Kier molecular flexibility index (Phi) is 7.90. The number of rotatable bonds is 5. The minimum Gasteiger partial charge on any atom is -0.373 e. The van der Waals surface area contributed by atoms with Crippen LogP contribution in [0.3, 0.4) is 0 Å². The highest BCUT2D eigenvalue weighted by atomic mass is 16.5. The van der Waals surface area contributed by atoms with Gasteiger partial charge in [-0.15, -0.1) is 0 Å². The van der Waals surface area contributed by atoms with E-state index in [1.165, 1.54) is 23.1 Å². The van der Waals surface area contributed by atoms with Crippen molar-refractivity contribution in [1.29, 1.82) is 0 Å². The maximum Gasteiger partial charge on any atom is 0.373 e. The van der Waals surface area contributed by atoms with Crippen molar-refractivity contribution in [3.05, 3.63) is 102 Å². The molecule has 6 atom stereocenters. The monoisotopic (exact) mass is 550 g/mol. The molecule has 6 nitrogen and oxygen atoms in total. The predicted octanol–water partition coefficient (Wildman–Crippen LogP) is 5.61. The molecular weight excluding hydrogens is 512 g/mol. The Labute approximate surface area is 242 Å². The molecule has 3 heterocycles. The molecular formula is C35H38N2O4. The summed E-state index contributed by atoms with van der Waals surface area (Å²) in [7, 11) is 0. The molecule has 6 heteroatoms. The van der Waals surface area contributed by atoms with E-state index in [4.69, 9.17) is 14.3 Å². The summed E-state index contributed by atoms with van der Waals surface area (Å²) >= 11 is 0. The van der Waals surface area contributed by atoms with Crippen molar-refractivity contribution >= 4 is 17.7 Å². The van der Waals surface area contributed by atoms with Gasteiger partial charge >= 0.3 is 6.15 Å². The third kappa shape index (κ3) is 4.95. The first-order valence-corrected chi connectivity index (χ1v) is 14.9. The maximum atomic E-state index is 14.5. The Morgan fingerprint density at radius 3 is 2.29 bits per heavy atom. The quantitative estimate of drug-likeness (QED) is 0.413. The zero-order valence-electron chi connectivity index (χ0n) is 23.7. The van der Waals surface area contributed by atoms with Gasteiger partial charge in [0.1, 0.15) is 0 Å². The third-order valence-electron chi connectivity index (χ3n) is 10.2. The second-order valence-corrected chi connectivity index (χ2v) is 12.1. The van der Waals surface area contributed by atoms with Crippen LogP contribution in [0, 0.1) is 17.8 Å². The fraction of sp³-hybridized carbons (Fsp3) is 0.429. The molecule has 0 bridgehead atoms. The van der Waals surface area contributed by atoms with Crippen molar-refractivity contribution in [3.63, 3.8) is 0 Å². The van der Waals surface area contributed by atoms with Gasteiger partial charge in [-0.3, -0.25) is 9.69 Å². The highest BCUT2D eigenvalue weighted by molar-refractivity contribution is 6.09. The van der Waals surface area contributed by atoms with Crippen LogP contribution in [-0.4, -0.2) is 42.2 Å². The van der Waals surface area contributed by atoms with E-state index >= 15 is 0 Å². The van der Waals surface area contributed by atoms with Gasteiger partial charge in [0, 0.05) is 18.3 Å². The average Bonchev–Trinajstić information content (AvgIpc) is 3.49. The Hall–Kier alpha value is -3.57. The molecule has 1 spiro atoms. The first-order chi connectivity index (χ1) is 20.1. The number of carbonyl (C=O) groups excluding carboxylic acids is 3. The molecule has 3 aromatic carbocycles. The van der Waals surface area contributed by atoms with Gasteiger partial charge in [-0.2, -0.15) is 9.59 Å². The van der Waals surface area contributed by atoms with Gasteiger partial charge in [-0.25, -0.2) is 0 Å². The van der Waals surface area contributed by atoms with Gasteiger partial charge in [-0.1, -0.05) is 85.8 Å². The third-order valence-corrected chi connectivity index (χ3v) is 10.2. The van der Waals surface area contributed by atoms with Crippen LogP contribution in [0.2, 0.25) is 0 Å². The first-order valence-electron chi connectivity index (χ1n) is 14.9.